The van der Waals surface area contributed by atoms with E-state index >= 15 is 0 Å². The third-order valence-corrected chi connectivity index (χ3v) is 4.61. The lowest BCUT2D eigenvalue weighted by Gasteiger charge is -2.46. The van der Waals surface area contributed by atoms with E-state index in [4.69, 9.17) is 9.47 Å². The lowest BCUT2D eigenvalue weighted by atomic mass is 9.77. The molecule has 0 spiro atoms. The molecular formula is C18H27NO3. The van der Waals surface area contributed by atoms with Gasteiger partial charge in [-0.1, -0.05) is 31.4 Å². The van der Waals surface area contributed by atoms with E-state index in [0.717, 1.165) is 24.2 Å². The van der Waals surface area contributed by atoms with Crippen LogP contribution in [0.2, 0.25) is 0 Å². The first kappa shape index (κ1) is 16.8. The fourth-order valence-corrected chi connectivity index (χ4v) is 3.65. The highest BCUT2D eigenvalue weighted by atomic mass is 16.6. The van der Waals surface area contributed by atoms with E-state index < -0.39 is 5.72 Å². The summed E-state index contributed by atoms with van der Waals surface area (Å²) >= 11 is 0. The highest BCUT2D eigenvalue weighted by molar-refractivity contribution is 5.67. The minimum absolute atomic E-state index is 0.248. The number of carbonyl (C=O) groups excluding carboxylic acids is 1. The highest BCUT2D eigenvalue weighted by Gasteiger charge is 2.46. The second-order valence-electron chi connectivity index (χ2n) is 6.25. The fourth-order valence-electron chi connectivity index (χ4n) is 3.65. The van der Waals surface area contributed by atoms with Crippen LogP contribution in [-0.2, 0) is 15.3 Å². The molecule has 1 aromatic rings. The Morgan fingerprint density at radius 1 is 1.23 bits per heavy atom. The molecule has 1 aliphatic carbocycles. The van der Waals surface area contributed by atoms with Crippen molar-refractivity contribution in [1.29, 1.82) is 0 Å². The van der Waals surface area contributed by atoms with Crippen molar-refractivity contribution in [2.24, 2.45) is 5.92 Å². The van der Waals surface area contributed by atoms with E-state index in [2.05, 4.69) is 0 Å². The highest BCUT2D eigenvalue weighted by Crippen LogP contribution is 2.44. The first-order valence-corrected chi connectivity index (χ1v) is 8.02. The van der Waals surface area contributed by atoms with Gasteiger partial charge in [0.2, 0.25) is 0 Å². The molecule has 0 radical (unpaired) electrons. The third kappa shape index (κ3) is 3.27. The number of ether oxygens (including phenoxy) is 2. The second kappa shape index (κ2) is 7.14. The third-order valence-electron chi connectivity index (χ3n) is 4.61. The van der Waals surface area contributed by atoms with E-state index in [1.54, 1.807) is 7.11 Å². The van der Waals surface area contributed by atoms with Crippen molar-refractivity contribution in [2.45, 2.75) is 44.8 Å². The number of esters is 1. The molecule has 0 amide bonds. The zero-order chi connectivity index (χ0) is 16.2. The van der Waals surface area contributed by atoms with E-state index in [9.17, 15) is 4.79 Å². The Balaban J connectivity index is 2.52. The topological polar surface area (TPSA) is 38.8 Å². The molecule has 2 rings (SSSR count). The van der Waals surface area contributed by atoms with Crippen LogP contribution in [0.4, 0.5) is 0 Å². The van der Waals surface area contributed by atoms with Gasteiger partial charge in [-0.15, -0.1) is 0 Å². The minimum Gasteiger partial charge on any atom is -0.497 e. The molecule has 1 aromatic carbocycles. The molecule has 1 fully saturated rings. The lowest BCUT2D eigenvalue weighted by Crippen LogP contribution is -2.51. The summed E-state index contributed by atoms with van der Waals surface area (Å²) in [7, 11) is 5.62. The summed E-state index contributed by atoms with van der Waals surface area (Å²) in [5.41, 5.74) is 0.264. The first-order chi connectivity index (χ1) is 10.5. The molecule has 4 heteroatoms. The Morgan fingerprint density at radius 2 is 1.91 bits per heavy atom. The van der Waals surface area contributed by atoms with Gasteiger partial charge in [-0.2, -0.15) is 0 Å². The maximum Gasteiger partial charge on any atom is 0.304 e. The van der Waals surface area contributed by atoms with Gasteiger partial charge in [-0.25, -0.2) is 0 Å². The van der Waals surface area contributed by atoms with Crippen molar-refractivity contribution in [2.75, 3.05) is 21.2 Å². The summed E-state index contributed by atoms with van der Waals surface area (Å²) in [4.78, 5) is 13.9. The molecule has 0 heterocycles. The molecule has 1 saturated carbocycles. The molecule has 122 valence electrons. The van der Waals surface area contributed by atoms with Crippen LogP contribution in [0.15, 0.2) is 24.3 Å². The van der Waals surface area contributed by atoms with Crippen LogP contribution in [0.3, 0.4) is 0 Å². The summed E-state index contributed by atoms with van der Waals surface area (Å²) in [5.74, 6) is 0.834. The largest absolute Gasteiger partial charge is 0.497 e. The molecule has 0 N–H and O–H groups in total. The normalized spacial score (nSPS) is 18.8. The molecule has 1 unspecified atom stereocenters. The predicted molar refractivity (Wildman–Crippen MR) is 86.7 cm³/mol. The number of nitrogens with zero attached hydrogens (tertiary/aromatic N) is 1. The van der Waals surface area contributed by atoms with Crippen LogP contribution in [0.25, 0.3) is 0 Å². The molecule has 0 bridgehead atoms. The Morgan fingerprint density at radius 3 is 2.45 bits per heavy atom. The number of methoxy groups -OCH3 is 1. The maximum atomic E-state index is 11.9. The van der Waals surface area contributed by atoms with Gasteiger partial charge >= 0.3 is 5.97 Å². The zero-order valence-electron chi connectivity index (χ0n) is 14.1. The molecule has 1 aliphatic rings. The average Bonchev–Trinajstić information content (AvgIpc) is 2.53. The number of rotatable bonds is 5. The van der Waals surface area contributed by atoms with Crippen LogP contribution >= 0.6 is 0 Å². The van der Waals surface area contributed by atoms with E-state index in [1.807, 2.05) is 43.3 Å². The van der Waals surface area contributed by atoms with Gasteiger partial charge in [-0.05, 0) is 39.1 Å². The monoisotopic (exact) mass is 305 g/mol. The molecule has 0 saturated heterocycles. The number of benzene rings is 1. The molecule has 4 nitrogen and oxygen atoms in total. The summed E-state index contributed by atoms with van der Waals surface area (Å²) in [5, 5.41) is 0. The standard InChI is InChI=1S/C18H27NO3/c1-14(20)22-18(19(2)3,15-9-6-5-7-10-15)16-11-8-12-17(13-16)21-4/h8,11-13,15H,5-7,9-10H2,1-4H3. The van der Waals surface area contributed by atoms with E-state index in [-0.39, 0.29) is 5.97 Å². The zero-order valence-corrected chi connectivity index (χ0v) is 14.1. The van der Waals surface area contributed by atoms with Crippen LogP contribution in [-0.4, -0.2) is 32.1 Å². The van der Waals surface area contributed by atoms with Gasteiger partial charge in [0.1, 0.15) is 5.75 Å². The van der Waals surface area contributed by atoms with Crippen molar-refractivity contribution in [3.05, 3.63) is 29.8 Å². The van der Waals surface area contributed by atoms with Crippen LogP contribution in [0.1, 0.15) is 44.6 Å². The van der Waals surface area contributed by atoms with Crippen LogP contribution < -0.4 is 4.74 Å². The van der Waals surface area contributed by atoms with Crippen LogP contribution in [0, 0.1) is 5.92 Å². The van der Waals surface area contributed by atoms with Gasteiger partial charge in [0.25, 0.3) is 0 Å². The Labute approximate surface area is 133 Å². The van der Waals surface area contributed by atoms with Crippen molar-refractivity contribution in [1.82, 2.24) is 4.90 Å². The van der Waals surface area contributed by atoms with Gasteiger partial charge in [0.05, 0.1) is 7.11 Å². The Kier molecular flexibility index (Phi) is 5.46. The van der Waals surface area contributed by atoms with Gasteiger partial charge in [-0.3, -0.25) is 9.69 Å². The summed E-state index contributed by atoms with van der Waals surface area (Å²) < 4.78 is 11.3. The van der Waals surface area contributed by atoms with E-state index in [0.29, 0.717) is 5.92 Å². The van der Waals surface area contributed by atoms with Gasteiger partial charge in [0, 0.05) is 18.4 Å². The molecular weight excluding hydrogens is 278 g/mol. The molecule has 0 aromatic heterocycles. The predicted octanol–water partition coefficient (Wildman–Crippen LogP) is 3.55. The second-order valence-corrected chi connectivity index (χ2v) is 6.25. The molecule has 22 heavy (non-hydrogen) atoms. The van der Waals surface area contributed by atoms with Crippen molar-refractivity contribution in [3.8, 4) is 5.75 Å². The number of hydrogen-bond acceptors (Lipinski definition) is 4. The Hall–Kier alpha value is -1.55. The quantitative estimate of drug-likeness (QED) is 0.616. The van der Waals surface area contributed by atoms with Gasteiger partial charge < -0.3 is 9.47 Å². The van der Waals surface area contributed by atoms with Crippen LogP contribution in [0.5, 0.6) is 5.75 Å². The SMILES string of the molecule is COc1cccc(C(OC(C)=O)(C2CCCCC2)N(C)C)c1. The van der Waals surface area contributed by atoms with Crippen molar-refractivity contribution >= 4 is 5.97 Å². The molecule has 1 atom stereocenters. The van der Waals surface area contributed by atoms with Crippen molar-refractivity contribution < 1.29 is 14.3 Å². The fraction of sp³-hybridized carbons (Fsp3) is 0.611. The van der Waals surface area contributed by atoms with Gasteiger partial charge in [0.15, 0.2) is 5.72 Å². The summed E-state index contributed by atoms with van der Waals surface area (Å²) in [6.07, 6.45) is 5.78. The smallest absolute Gasteiger partial charge is 0.304 e. The van der Waals surface area contributed by atoms with E-state index in [1.165, 1.54) is 26.2 Å². The minimum atomic E-state index is -0.721. The first-order valence-electron chi connectivity index (χ1n) is 8.02. The average molecular weight is 305 g/mol. The summed E-state index contributed by atoms with van der Waals surface area (Å²) in [6, 6.07) is 7.88. The number of carbonyl (C=O) groups is 1. The maximum absolute atomic E-state index is 11.9. The molecule has 0 aliphatic heterocycles. The Bertz CT molecular complexity index is 509. The van der Waals surface area contributed by atoms with Crippen molar-refractivity contribution in [3.63, 3.8) is 0 Å². The summed E-state index contributed by atoms with van der Waals surface area (Å²) in [6.45, 7) is 1.49. The lowest BCUT2D eigenvalue weighted by molar-refractivity contribution is -0.200. The number of hydrogen-bond donors (Lipinski definition) is 0.